The van der Waals surface area contributed by atoms with Gasteiger partial charge in [-0.3, -0.25) is 0 Å². The molecule has 12 heavy (non-hydrogen) atoms. The lowest BCUT2D eigenvalue weighted by molar-refractivity contribution is 0.154. The van der Waals surface area contributed by atoms with Crippen molar-refractivity contribution in [2.45, 2.75) is 43.9 Å². The predicted molar refractivity (Wildman–Crippen MR) is 49.7 cm³/mol. The number of hydrogen-bond donors (Lipinski definition) is 0. The van der Waals surface area contributed by atoms with Crippen molar-refractivity contribution in [2.24, 2.45) is 0 Å². The van der Waals surface area contributed by atoms with Crippen LogP contribution in [0.3, 0.4) is 0 Å². The van der Waals surface area contributed by atoms with E-state index < -0.39 is 4.83 Å². The molecule has 0 bridgehead atoms. The van der Waals surface area contributed by atoms with Gasteiger partial charge in [0.25, 0.3) is 0 Å². The molecule has 0 aromatic carbocycles. The van der Waals surface area contributed by atoms with Gasteiger partial charge in [-0.1, -0.05) is 12.0 Å². The summed E-state index contributed by atoms with van der Waals surface area (Å²) in [5.74, 6) is 0. The summed E-state index contributed by atoms with van der Waals surface area (Å²) < 4.78 is 25.5. The van der Waals surface area contributed by atoms with Crippen LogP contribution in [0, 0.1) is 0 Å². The lowest BCUT2D eigenvalue weighted by Gasteiger charge is -2.19. The summed E-state index contributed by atoms with van der Waals surface area (Å²) in [6, 6.07) is 0. The van der Waals surface area contributed by atoms with Crippen LogP contribution in [0.25, 0.3) is 0 Å². The first-order valence-corrected chi connectivity index (χ1v) is 5.07. The van der Waals surface area contributed by atoms with Crippen molar-refractivity contribution in [2.75, 3.05) is 0 Å². The lowest BCUT2D eigenvalue weighted by atomic mass is 9.92. The fraction of sp³-hybridized carbons (Fsp3) is 0.778. The molecule has 0 saturated heterocycles. The molecule has 3 heteroatoms. The zero-order valence-electron chi connectivity index (χ0n) is 7.17. The van der Waals surface area contributed by atoms with Crippen LogP contribution in [0.5, 0.6) is 0 Å². The summed E-state index contributed by atoms with van der Waals surface area (Å²) in [5.41, 5.74) is 1.17. The second-order valence-electron chi connectivity index (χ2n) is 3.29. The first-order valence-electron chi connectivity index (χ1n) is 4.27. The highest BCUT2D eigenvalue weighted by Gasteiger charge is 2.29. The normalized spacial score (nSPS) is 19.5. The summed E-state index contributed by atoms with van der Waals surface area (Å²) >= 11 is 2.39. The molecule has 0 heterocycles. The van der Waals surface area contributed by atoms with Gasteiger partial charge in [-0.05, 0) is 48.5 Å². The molecule has 0 atom stereocenters. The Kier molecular flexibility index (Phi) is 3.27. The fourth-order valence-corrected chi connectivity index (χ4v) is 1.83. The molecule has 1 aliphatic carbocycles. The predicted octanol–water partition coefficient (Wildman–Crippen LogP) is 4.25. The summed E-state index contributed by atoms with van der Waals surface area (Å²) in [6.07, 6.45) is 5.02. The van der Waals surface area contributed by atoms with Crippen LogP contribution in [0.2, 0.25) is 0 Å². The van der Waals surface area contributed by atoms with E-state index in [1.165, 1.54) is 13.3 Å². The SMILES string of the molecule is CC(=C1CCCCC1)C(F)(F)Br. The van der Waals surface area contributed by atoms with Crippen molar-refractivity contribution in [3.63, 3.8) is 0 Å². The van der Waals surface area contributed by atoms with Gasteiger partial charge in [-0.25, -0.2) is 0 Å². The van der Waals surface area contributed by atoms with Crippen LogP contribution in [-0.2, 0) is 0 Å². The third-order valence-corrected chi connectivity index (χ3v) is 3.01. The highest BCUT2D eigenvalue weighted by atomic mass is 79.9. The first-order chi connectivity index (χ1) is 5.52. The topological polar surface area (TPSA) is 0 Å². The van der Waals surface area contributed by atoms with E-state index in [1.54, 1.807) is 0 Å². The van der Waals surface area contributed by atoms with Gasteiger partial charge in [0.2, 0.25) is 0 Å². The van der Waals surface area contributed by atoms with Gasteiger partial charge in [-0.2, -0.15) is 8.78 Å². The van der Waals surface area contributed by atoms with Crippen molar-refractivity contribution in [3.8, 4) is 0 Å². The monoisotopic (exact) mass is 238 g/mol. The number of hydrogen-bond acceptors (Lipinski definition) is 0. The number of allylic oxidation sites excluding steroid dienone is 2. The molecule has 0 radical (unpaired) electrons. The molecule has 0 unspecified atom stereocenters. The molecule has 0 aromatic heterocycles. The zero-order valence-corrected chi connectivity index (χ0v) is 8.76. The number of halogens is 3. The third-order valence-electron chi connectivity index (χ3n) is 2.41. The molecule has 0 nitrogen and oxygen atoms in total. The average Bonchev–Trinajstić information content (AvgIpc) is 2.03. The number of alkyl halides is 3. The van der Waals surface area contributed by atoms with Crippen LogP contribution in [0.15, 0.2) is 11.1 Å². The maximum atomic E-state index is 12.8. The summed E-state index contributed by atoms with van der Waals surface area (Å²) in [6.45, 7) is 1.52. The quantitative estimate of drug-likeness (QED) is 0.473. The molecule has 70 valence electrons. The Morgan fingerprint density at radius 3 is 2.17 bits per heavy atom. The van der Waals surface area contributed by atoms with E-state index in [2.05, 4.69) is 15.9 Å². The molecule has 1 fully saturated rings. The highest BCUT2D eigenvalue weighted by Crippen LogP contribution is 2.37. The second-order valence-corrected chi connectivity index (χ2v) is 4.28. The van der Waals surface area contributed by atoms with E-state index >= 15 is 0 Å². The van der Waals surface area contributed by atoms with Gasteiger partial charge in [0.05, 0.1) is 0 Å². The fourth-order valence-electron chi connectivity index (χ4n) is 1.55. The smallest absolute Gasteiger partial charge is 0.189 e. The second kappa shape index (κ2) is 3.86. The Morgan fingerprint density at radius 1 is 1.25 bits per heavy atom. The largest absolute Gasteiger partial charge is 0.322 e. The third kappa shape index (κ3) is 2.54. The molecular weight excluding hydrogens is 226 g/mol. The molecule has 0 spiro atoms. The van der Waals surface area contributed by atoms with Crippen molar-refractivity contribution >= 4 is 15.9 Å². The Balaban J connectivity index is 2.74. The molecule has 0 aromatic rings. The minimum Gasteiger partial charge on any atom is -0.189 e. The van der Waals surface area contributed by atoms with Gasteiger partial charge in [0.15, 0.2) is 0 Å². The molecule has 1 rings (SSSR count). The maximum absolute atomic E-state index is 12.8. The first kappa shape index (κ1) is 10.2. The standard InChI is InChI=1S/C9H13BrF2/c1-7(9(10,11)12)8-5-3-2-4-6-8/h2-6H2,1H3. The van der Waals surface area contributed by atoms with E-state index in [-0.39, 0.29) is 5.57 Å². The van der Waals surface area contributed by atoms with Gasteiger partial charge in [0.1, 0.15) is 0 Å². The van der Waals surface area contributed by atoms with E-state index in [4.69, 9.17) is 0 Å². The molecule has 0 N–H and O–H groups in total. The van der Waals surface area contributed by atoms with Gasteiger partial charge in [0, 0.05) is 5.57 Å². The minimum atomic E-state index is -2.79. The number of rotatable bonds is 1. The van der Waals surface area contributed by atoms with Crippen LogP contribution < -0.4 is 0 Å². The average molecular weight is 239 g/mol. The van der Waals surface area contributed by atoms with Gasteiger partial charge in [-0.15, -0.1) is 0 Å². The molecular formula is C9H13BrF2. The Morgan fingerprint density at radius 2 is 1.75 bits per heavy atom. The minimum absolute atomic E-state index is 0.224. The summed E-state index contributed by atoms with van der Waals surface area (Å²) in [5, 5.41) is 0. The summed E-state index contributed by atoms with van der Waals surface area (Å²) in [7, 11) is 0. The Bertz CT molecular complexity index is 183. The zero-order chi connectivity index (χ0) is 9.19. The molecule has 0 aliphatic heterocycles. The highest BCUT2D eigenvalue weighted by molar-refractivity contribution is 9.10. The summed E-state index contributed by atoms with van der Waals surface area (Å²) in [4.78, 5) is -2.79. The van der Waals surface area contributed by atoms with Crippen LogP contribution in [-0.4, -0.2) is 4.83 Å². The van der Waals surface area contributed by atoms with Crippen molar-refractivity contribution < 1.29 is 8.78 Å². The van der Waals surface area contributed by atoms with Crippen LogP contribution >= 0.6 is 15.9 Å². The maximum Gasteiger partial charge on any atom is 0.322 e. The van der Waals surface area contributed by atoms with Crippen molar-refractivity contribution in [1.29, 1.82) is 0 Å². The Hall–Kier alpha value is 0.0800. The Labute approximate surface area is 80.2 Å². The van der Waals surface area contributed by atoms with Crippen LogP contribution in [0.1, 0.15) is 39.0 Å². The van der Waals surface area contributed by atoms with Gasteiger partial charge >= 0.3 is 4.83 Å². The van der Waals surface area contributed by atoms with E-state index in [0.717, 1.165) is 31.3 Å². The lowest BCUT2D eigenvalue weighted by Crippen LogP contribution is -2.11. The molecule has 1 saturated carbocycles. The van der Waals surface area contributed by atoms with E-state index in [0.29, 0.717) is 0 Å². The van der Waals surface area contributed by atoms with Crippen molar-refractivity contribution in [3.05, 3.63) is 11.1 Å². The van der Waals surface area contributed by atoms with E-state index in [1.807, 2.05) is 0 Å². The van der Waals surface area contributed by atoms with E-state index in [9.17, 15) is 8.78 Å². The molecule has 1 aliphatic rings. The van der Waals surface area contributed by atoms with Gasteiger partial charge < -0.3 is 0 Å². The van der Waals surface area contributed by atoms with Crippen LogP contribution in [0.4, 0.5) is 8.78 Å². The molecule has 0 amide bonds. The van der Waals surface area contributed by atoms with Crippen molar-refractivity contribution in [1.82, 2.24) is 0 Å².